The molecule has 1 unspecified atom stereocenters. The molecule has 8 heteroatoms. The van der Waals surface area contributed by atoms with Gasteiger partial charge in [0.15, 0.2) is 9.84 Å². The highest BCUT2D eigenvalue weighted by Crippen LogP contribution is 2.10. The minimum atomic E-state index is -3.05. The molecule has 1 fully saturated rings. The molecule has 0 aromatic carbocycles. The zero-order chi connectivity index (χ0) is 14.6. The monoisotopic (exact) mass is 292 g/mol. The lowest BCUT2D eigenvalue weighted by Gasteiger charge is -2.29. The predicted molar refractivity (Wildman–Crippen MR) is 69.6 cm³/mol. The highest BCUT2D eigenvalue weighted by atomic mass is 32.2. The number of hydrogen-bond donors (Lipinski definition) is 2. The first-order valence-electron chi connectivity index (χ1n) is 6.25. The van der Waals surface area contributed by atoms with E-state index < -0.39 is 27.9 Å². The van der Waals surface area contributed by atoms with E-state index in [0.29, 0.717) is 6.42 Å². The molecule has 0 spiro atoms. The van der Waals surface area contributed by atoms with Crippen LogP contribution < -0.4 is 5.32 Å². The number of carboxylic acid groups (broad SMARTS) is 1. The van der Waals surface area contributed by atoms with Crippen LogP contribution in [0.25, 0.3) is 0 Å². The summed E-state index contributed by atoms with van der Waals surface area (Å²) >= 11 is 0. The van der Waals surface area contributed by atoms with Crippen LogP contribution in [0.5, 0.6) is 0 Å². The van der Waals surface area contributed by atoms with Gasteiger partial charge in [0.1, 0.15) is 6.04 Å². The SMILES string of the molecule is CCC(C)[C@H](NC(=O)N1CCS(=O)(=O)CC1)C(=O)O. The largest absolute Gasteiger partial charge is 0.480 e. The molecule has 0 aromatic heterocycles. The van der Waals surface area contributed by atoms with Gasteiger partial charge in [-0.3, -0.25) is 0 Å². The van der Waals surface area contributed by atoms with Crippen LogP contribution in [-0.2, 0) is 14.6 Å². The van der Waals surface area contributed by atoms with Crippen molar-refractivity contribution in [2.75, 3.05) is 24.6 Å². The first-order chi connectivity index (χ1) is 8.76. The van der Waals surface area contributed by atoms with Crippen molar-refractivity contribution < 1.29 is 23.1 Å². The van der Waals surface area contributed by atoms with E-state index in [1.54, 1.807) is 6.92 Å². The average Bonchev–Trinajstić information content (AvgIpc) is 2.34. The van der Waals surface area contributed by atoms with E-state index >= 15 is 0 Å². The lowest BCUT2D eigenvalue weighted by atomic mass is 9.99. The maximum atomic E-state index is 11.9. The predicted octanol–water partition coefficient (Wildman–Crippen LogP) is -0.0743. The number of carbonyl (C=O) groups is 2. The van der Waals surface area contributed by atoms with Crippen LogP contribution in [0, 0.1) is 5.92 Å². The third-order valence-corrected chi connectivity index (χ3v) is 5.00. The van der Waals surface area contributed by atoms with Crippen LogP contribution in [0.2, 0.25) is 0 Å². The maximum absolute atomic E-state index is 11.9. The molecule has 1 heterocycles. The molecule has 0 bridgehead atoms. The van der Waals surface area contributed by atoms with Crippen molar-refractivity contribution in [2.45, 2.75) is 26.3 Å². The van der Waals surface area contributed by atoms with Crippen LogP contribution in [0.4, 0.5) is 4.79 Å². The van der Waals surface area contributed by atoms with Gasteiger partial charge in [-0.05, 0) is 5.92 Å². The molecule has 2 amide bonds. The number of urea groups is 1. The Morgan fingerprint density at radius 3 is 2.26 bits per heavy atom. The maximum Gasteiger partial charge on any atom is 0.326 e. The van der Waals surface area contributed by atoms with Crippen LogP contribution in [0.15, 0.2) is 0 Å². The Labute approximate surface area is 112 Å². The van der Waals surface area contributed by atoms with Gasteiger partial charge in [-0.1, -0.05) is 20.3 Å². The number of hydrogen-bond acceptors (Lipinski definition) is 4. The zero-order valence-corrected chi connectivity index (χ0v) is 11.9. The number of amides is 2. The van der Waals surface area contributed by atoms with Crippen molar-refractivity contribution in [3.05, 3.63) is 0 Å². The molecule has 110 valence electrons. The van der Waals surface area contributed by atoms with E-state index in [0.717, 1.165) is 0 Å². The molecule has 0 aliphatic carbocycles. The second kappa shape index (κ2) is 6.23. The van der Waals surface area contributed by atoms with Gasteiger partial charge < -0.3 is 15.3 Å². The number of carboxylic acids is 1. The Morgan fingerprint density at radius 2 is 1.84 bits per heavy atom. The van der Waals surface area contributed by atoms with E-state index in [9.17, 15) is 18.0 Å². The van der Waals surface area contributed by atoms with E-state index in [2.05, 4.69) is 5.32 Å². The van der Waals surface area contributed by atoms with Gasteiger partial charge in [-0.2, -0.15) is 0 Å². The van der Waals surface area contributed by atoms with Gasteiger partial charge in [-0.25, -0.2) is 18.0 Å². The number of aliphatic carboxylic acids is 1. The molecule has 2 atom stereocenters. The molecule has 1 aliphatic heterocycles. The summed E-state index contributed by atoms with van der Waals surface area (Å²) in [5.41, 5.74) is 0. The van der Waals surface area contributed by atoms with E-state index in [4.69, 9.17) is 5.11 Å². The highest BCUT2D eigenvalue weighted by molar-refractivity contribution is 7.91. The number of rotatable bonds is 4. The quantitative estimate of drug-likeness (QED) is 0.754. The Morgan fingerprint density at radius 1 is 1.32 bits per heavy atom. The molecule has 1 aliphatic rings. The van der Waals surface area contributed by atoms with Gasteiger partial charge in [0, 0.05) is 13.1 Å². The van der Waals surface area contributed by atoms with Crippen LogP contribution in [0.1, 0.15) is 20.3 Å². The molecule has 19 heavy (non-hydrogen) atoms. The molecule has 2 N–H and O–H groups in total. The number of nitrogens with zero attached hydrogens (tertiary/aromatic N) is 1. The first-order valence-corrected chi connectivity index (χ1v) is 8.07. The Balaban J connectivity index is 2.61. The summed E-state index contributed by atoms with van der Waals surface area (Å²) in [5.74, 6) is -1.40. The molecule has 7 nitrogen and oxygen atoms in total. The van der Waals surface area contributed by atoms with Crippen molar-refractivity contribution in [2.24, 2.45) is 5.92 Å². The van der Waals surface area contributed by atoms with Crippen LogP contribution in [0.3, 0.4) is 0 Å². The Bertz CT molecular complexity index is 434. The van der Waals surface area contributed by atoms with E-state index in [1.807, 2.05) is 6.92 Å². The van der Waals surface area contributed by atoms with Gasteiger partial charge in [-0.15, -0.1) is 0 Å². The van der Waals surface area contributed by atoms with Crippen LogP contribution in [-0.4, -0.2) is 61.1 Å². The highest BCUT2D eigenvalue weighted by Gasteiger charge is 2.30. The number of nitrogens with one attached hydrogen (secondary N) is 1. The zero-order valence-electron chi connectivity index (χ0n) is 11.1. The lowest BCUT2D eigenvalue weighted by molar-refractivity contribution is -0.140. The average molecular weight is 292 g/mol. The summed E-state index contributed by atoms with van der Waals surface area (Å²) in [6.07, 6.45) is 0.631. The fraction of sp³-hybridized carbons (Fsp3) is 0.818. The third kappa shape index (κ3) is 4.38. The van der Waals surface area contributed by atoms with Gasteiger partial charge in [0.2, 0.25) is 0 Å². The van der Waals surface area contributed by atoms with Crippen molar-refractivity contribution in [1.29, 1.82) is 0 Å². The third-order valence-electron chi connectivity index (χ3n) is 3.39. The summed E-state index contributed by atoms with van der Waals surface area (Å²) in [6.45, 7) is 3.82. The van der Waals surface area contributed by atoms with Crippen molar-refractivity contribution in [1.82, 2.24) is 10.2 Å². The summed E-state index contributed by atoms with van der Waals surface area (Å²) < 4.78 is 22.5. The standard InChI is InChI=1S/C11H20N2O5S/c1-3-8(2)9(10(14)15)12-11(16)13-4-6-19(17,18)7-5-13/h8-9H,3-7H2,1-2H3,(H,12,16)(H,14,15)/t8?,9-/m0/s1. The molecule has 0 saturated carbocycles. The Kier molecular flexibility index (Phi) is 5.16. The molecule has 1 saturated heterocycles. The number of sulfone groups is 1. The fourth-order valence-electron chi connectivity index (χ4n) is 1.82. The van der Waals surface area contributed by atoms with Gasteiger partial charge in [0.25, 0.3) is 0 Å². The summed E-state index contributed by atoms with van der Waals surface area (Å²) in [4.78, 5) is 24.3. The molecule has 1 rings (SSSR count). The molecular weight excluding hydrogens is 272 g/mol. The van der Waals surface area contributed by atoms with Crippen molar-refractivity contribution in [3.8, 4) is 0 Å². The summed E-state index contributed by atoms with van der Waals surface area (Å²) in [7, 11) is -3.05. The van der Waals surface area contributed by atoms with Gasteiger partial charge >= 0.3 is 12.0 Å². The molecule has 0 radical (unpaired) electrons. The van der Waals surface area contributed by atoms with Crippen LogP contribution >= 0.6 is 0 Å². The second-order valence-electron chi connectivity index (χ2n) is 4.79. The summed E-state index contributed by atoms with van der Waals surface area (Å²) in [5, 5.41) is 11.5. The van der Waals surface area contributed by atoms with Crippen molar-refractivity contribution in [3.63, 3.8) is 0 Å². The lowest BCUT2D eigenvalue weighted by Crippen LogP contribution is -2.54. The molecular formula is C11H20N2O5S. The van der Waals surface area contributed by atoms with Crippen molar-refractivity contribution >= 4 is 21.8 Å². The van der Waals surface area contributed by atoms with E-state index in [-0.39, 0.29) is 30.5 Å². The minimum absolute atomic E-state index is 0.0680. The minimum Gasteiger partial charge on any atom is -0.480 e. The first kappa shape index (κ1) is 15.7. The number of carbonyl (C=O) groups excluding carboxylic acids is 1. The second-order valence-corrected chi connectivity index (χ2v) is 7.09. The fourth-order valence-corrected chi connectivity index (χ4v) is 3.02. The topological polar surface area (TPSA) is 104 Å². The smallest absolute Gasteiger partial charge is 0.326 e. The van der Waals surface area contributed by atoms with Gasteiger partial charge in [0.05, 0.1) is 11.5 Å². The molecule has 0 aromatic rings. The van der Waals surface area contributed by atoms with E-state index in [1.165, 1.54) is 4.90 Å². The summed E-state index contributed by atoms with van der Waals surface area (Å²) in [6, 6.07) is -1.46. The Hall–Kier alpha value is -1.31. The normalized spacial score (nSPS) is 21.5.